The average molecular weight is 623 g/mol. The molecule has 1 saturated carbocycles. The SMILES string of the molecule is CC(=O)OC1CC2C(OC(C)=O)C=C3CC(C)(C(=O)C(O)C(=C1C)C2(C)C)C(OC(C)=O)CC3OC(=O)C=Cc1ccccc1. The van der Waals surface area contributed by atoms with Gasteiger partial charge in [-0.15, -0.1) is 0 Å². The Hall–Kier alpha value is -4.05. The molecule has 1 aromatic carbocycles. The molecule has 7 unspecified atom stereocenters. The van der Waals surface area contributed by atoms with Gasteiger partial charge in [0.25, 0.3) is 0 Å². The lowest BCUT2D eigenvalue weighted by Crippen LogP contribution is -2.56. The van der Waals surface area contributed by atoms with Crippen molar-refractivity contribution in [3.63, 3.8) is 0 Å². The number of rotatable bonds is 6. The summed E-state index contributed by atoms with van der Waals surface area (Å²) < 4.78 is 23.1. The first kappa shape index (κ1) is 33.8. The van der Waals surface area contributed by atoms with Crippen molar-refractivity contribution in [2.45, 2.75) is 98.2 Å². The Bertz CT molecular complexity index is 1450. The van der Waals surface area contributed by atoms with Gasteiger partial charge in [0, 0.05) is 39.2 Å². The highest BCUT2D eigenvalue weighted by atomic mass is 16.6. The lowest BCUT2D eigenvalue weighted by molar-refractivity contribution is -0.169. The fourth-order valence-corrected chi connectivity index (χ4v) is 7.19. The summed E-state index contributed by atoms with van der Waals surface area (Å²) in [6.07, 6.45) is -0.553. The third-order valence-electron chi connectivity index (χ3n) is 9.37. The lowest BCUT2D eigenvalue weighted by Gasteiger charge is -2.51. The van der Waals surface area contributed by atoms with Crippen molar-refractivity contribution >= 4 is 35.7 Å². The molecule has 0 amide bonds. The van der Waals surface area contributed by atoms with Crippen molar-refractivity contribution in [2.75, 3.05) is 0 Å². The number of hydrogen-bond acceptors (Lipinski definition) is 10. The summed E-state index contributed by atoms with van der Waals surface area (Å²) in [4.78, 5) is 64.3. The van der Waals surface area contributed by atoms with Crippen LogP contribution in [0.2, 0.25) is 0 Å². The van der Waals surface area contributed by atoms with Gasteiger partial charge in [0.1, 0.15) is 30.5 Å². The van der Waals surface area contributed by atoms with Crippen LogP contribution in [0.5, 0.6) is 0 Å². The maximum Gasteiger partial charge on any atom is 0.331 e. The van der Waals surface area contributed by atoms with Crippen LogP contribution in [0.25, 0.3) is 6.08 Å². The Labute approximate surface area is 263 Å². The molecule has 0 aliphatic heterocycles. The zero-order chi connectivity index (χ0) is 33.3. The summed E-state index contributed by atoms with van der Waals surface area (Å²) in [7, 11) is 0. The van der Waals surface area contributed by atoms with Crippen molar-refractivity contribution in [3.05, 3.63) is 64.8 Å². The number of Topliss-reactive ketones (excluding diaryl/α,β-unsaturated/α-hetero) is 1. The molecule has 45 heavy (non-hydrogen) atoms. The van der Waals surface area contributed by atoms with Gasteiger partial charge in [-0.05, 0) is 66.5 Å². The van der Waals surface area contributed by atoms with Gasteiger partial charge in [-0.1, -0.05) is 44.2 Å². The molecule has 10 nitrogen and oxygen atoms in total. The van der Waals surface area contributed by atoms with E-state index < -0.39 is 76.9 Å². The molecule has 0 radical (unpaired) electrons. The second-order valence-corrected chi connectivity index (χ2v) is 12.9. The monoisotopic (exact) mass is 622 g/mol. The molecule has 0 heterocycles. The second-order valence-electron chi connectivity index (χ2n) is 12.9. The lowest BCUT2D eigenvalue weighted by atomic mass is 9.57. The summed E-state index contributed by atoms with van der Waals surface area (Å²) in [6.45, 7) is 10.8. The number of aliphatic hydroxyl groups is 1. The van der Waals surface area contributed by atoms with E-state index >= 15 is 0 Å². The van der Waals surface area contributed by atoms with Crippen LogP contribution in [0.1, 0.15) is 73.3 Å². The summed E-state index contributed by atoms with van der Waals surface area (Å²) in [6, 6.07) is 9.19. The summed E-state index contributed by atoms with van der Waals surface area (Å²) >= 11 is 0. The molecule has 1 fully saturated rings. The number of fused-ring (bicyclic) bond motifs is 4. The molecular weight excluding hydrogens is 580 g/mol. The van der Waals surface area contributed by atoms with Crippen LogP contribution in [0.3, 0.4) is 0 Å². The zero-order valence-electron chi connectivity index (χ0n) is 26.8. The highest BCUT2D eigenvalue weighted by Crippen LogP contribution is 2.53. The maximum absolute atomic E-state index is 14.4. The zero-order valence-corrected chi connectivity index (χ0v) is 26.8. The number of hydrogen-bond donors (Lipinski definition) is 1. The molecule has 242 valence electrons. The largest absolute Gasteiger partial charge is 0.461 e. The van der Waals surface area contributed by atoms with Crippen molar-refractivity contribution in [1.82, 2.24) is 0 Å². The van der Waals surface area contributed by atoms with Gasteiger partial charge >= 0.3 is 23.9 Å². The number of ketones is 1. The van der Waals surface area contributed by atoms with Gasteiger partial charge in [0.15, 0.2) is 5.78 Å². The van der Waals surface area contributed by atoms with E-state index in [-0.39, 0.29) is 19.3 Å². The van der Waals surface area contributed by atoms with E-state index in [0.29, 0.717) is 16.7 Å². The molecule has 7 atom stereocenters. The van der Waals surface area contributed by atoms with Gasteiger partial charge < -0.3 is 24.1 Å². The third-order valence-corrected chi connectivity index (χ3v) is 9.37. The fourth-order valence-electron chi connectivity index (χ4n) is 7.19. The quantitative estimate of drug-likeness (QED) is 0.209. The summed E-state index contributed by atoms with van der Waals surface area (Å²) in [5, 5.41) is 11.8. The standard InChI is InChI=1S/C35H42O10/c1-19-26(42-20(2)36)16-25-28(43-21(3)37)15-24-18-35(7,33(41)32(40)31(19)34(25,5)6)29(44-22(4)38)17-27(24)45-30(39)14-13-23-11-9-8-10-12-23/h8-15,25-29,32,40H,16-18H2,1-7H3. The molecule has 4 bridgehead atoms. The Morgan fingerprint density at radius 3 is 2.09 bits per heavy atom. The molecule has 0 spiro atoms. The predicted molar refractivity (Wildman–Crippen MR) is 163 cm³/mol. The van der Waals surface area contributed by atoms with E-state index in [2.05, 4.69) is 0 Å². The number of ether oxygens (including phenoxy) is 4. The Morgan fingerprint density at radius 1 is 0.867 bits per heavy atom. The number of esters is 4. The molecule has 1 N–H and O–H groups in total. The molecule has 4 rings (SSSR count). The highest BCUT2D eigenvalue weighted by Gasteiger charge is 2.57. The molecule has 10 heteroatoms. The van der Waals surface area contributed by atoms with E-state index in [0.717, 1.165) is 5.56 Å². The molecule has 3 aliphatic rings. The van der Waals surface area contributed by atoms with Crippen LogP contribution in [0.4, 0.5) is 0 Å². The molecule has 1 aromatic rings. The Morgan fingerprint density at radius 2 is 1.49 bits per heavy atom. The summed E-state index contributed by atoms with van der Waals surface area (Å²) in [5.74, 6) is -3.51. The van der Waals surface area contributed by atoms with Crippen LogP contribution in [0, 0.1) is 16.7 Å². The maximum atomic E-state index is 14.4. The van der Waals surface area contributed by atoms with Crippen LogP contribution >= 0.6 is 0 Å². The van der Waals surface area contributed by atoms with Gasteiger partial charge in [0.05, 0.1) is 5.41 Å². The topological polar surface area (TPSA) is 143 Å². The van der Waals surface area contributed by atoms with Crippen molar-refractivity contribution in [3.8, 4) is 0 Å². The van der Waals surface area contributed by atoms with Crippen molar-refractivity contribution < 1.29 is 48.0 Å². The average Bonchev–Trinajstić information content (AvgIpc) is 2.94. The van der Waals surface area contributed by atoms with Crippen LogP contribution < -0.4 is 0 Å². The first-order valence-electron chi connectivity index (χ1n) is 15.1. The number of benzene rings is 1. The van der Waals surface area contributed by atoms with E-state index in [9.17, 15) is 29.1 Å². The fraction of sp³-hybridized carbons (Fsp3) is 0.514. The minimum atomic E-state index is -1.64. The number of carbonyl (C=O) groups excluding carboxylic acids is 5. The van der Waals surface area contributed by atoms with Gasteiger partial charge in [-0.25, -0.2) is 4.79 Å². The first-order chi connectivity index (χ1) is 21.0. The van der Waals surface area contributed by atoms with Crippen LogP contribution in [-0.2, 0) is 42.9 Å². The van der Waals surface area contributed by atoms with E-state index in [1.165, 1.54) is 26.8 Å². The van der Waals surface area contributed by atoms with Gasteiger partial charge in [0.2, 0.25) is 0 Å². The molecule has 3 aliphatic carbocycles. The van der Waals surface area contributed by atoms with Crippen LogP contribution in [0.15, 0.2) is 59.2 Å². The summed E-state index contributed by atoms with van der Waals surface area (Å²) in [5.41, 5.74) is -0.173. The van der Waals surface area contributed by atoms with Gasteiger partial charge in [-0.3, -0.25) is 19.2 Å². The molecule has 0 aromatic heterocycles. The molecule has 0 saturated heterocycles. The first-order valence-corrected chi connectivity index (χ1v) is 15.1. The van der Waals surface area contributed by atoms with Crippen molar-refractivity contribution in [1.29, 1.82) is 0 Å². The minimum Gasteiger partial charge on any atom is -0.461 e. The van der Waals surface area contributed by atoms with Crippen molar-refractivity contribution in [2.24, 2.45) is 16.7 Å². The number of aliphatic hydroxyl groups excluding tert-OH is 1. The normalized spacial score (nSPS) is 31.0. The Balaban J connectivity index is 1.88. The minimum absolute atomic E-state index is 0.0359. The van der Waals surface area contributed by atoms with E-state index in [1.54, 1.807) is 26.0 Å². The smallest absolute Gasteiger partial charge is 0.331 e. The van der Waals surface area contributed by atoms with E-state index in [4.69, 9.17) is 18.9 Å². The predicted octanol–water partition coefficient (Wildman–Crippen LogP) is 4.44. The van der Waals surface area contributed by atoms with Gasteiger partial charge in [-0.2, -0.15) is 0 Å². The molecular formula is C35H42O10. The highest BCUT2D eigenvalue weighted by molar-refractivity contribution is 5.93. The van der Waals surface area contributed by atoms with E-state index in [1.807, 2.05) is 44.2 Å². The van der Waals surface area contributed by atoms with Crippen LogP contribution in [-0.4, -0.2) is 65.3 Å². The third kappa shape index (κ3) is 7.11. The Kier molecular flexibility index (Phi) is 9.87. The second kappa shape index (κ2) is 13.1. The number of carbonyl (C=O) groups is 5.